The zero-order chi connectivity index (χ0) is 12.2. The van der Waals surface area contributed by atoms with Crippen LogP contribution in [0.25, 0.3) is 0 Å². The van der Waals surface area contributed by atoms with Gasteiger partial charge in [0, 0.05) is 0 Å². The monoisotopic (exact) mass is 237 g/mol. The Morgan fingerprint density at radius 3 is 2.83 bits per heavy atom. The number of ether oxygens (including phenoxy) is 1. The second-order valence-corrected chi connectivity index (χ2v) is 5.16. The van der Waals surface area contributed by atoms with Crippen LogP contribution < -0.4 is 0 Å². The highest BCUT2D eigenvalue weighted by Crippen LogP contribution is 2.65. The van der Waals surface area contributed by atoms with Crippen LogP contribution in [-0.2, 0) is 9.84 Å². The van der Waals surface area contributed by atoms with Crippen molar-refractivity contribution in [2.45, 2.75) is 12.5 Å². The summed E-state index contributed by atoms with van der Waals surface area (Å²) in [5.41, 5.74) is -0.896. The molecule has 4 aliphatic rings. The molecule has 89 valence electrons. The third kappa shape index (κ3) is 0.908. The molecule has 0 aromatic rings. The largest absolute Gasteiger partial charge is 0.464 e. The molecule has 1 heterocycles. The Hall–Kier alpha value is -1.80. The van der Waals surface area contributed by atoms with Crippen molar-refractivity contribution in [3.05, 3.63) is 72.3 Å². The zero-order valence-electron chi connectivity index (χ0n) is 9.87. The summed E-state index contributed by atoms with van der Waals surface area (Å²) < 4.78 is 5.99. The van der Waals surface area contributed by atoms with E-state index in [-0.39, 0.29) is 5.41 Å². The van der Waals surface area contributed by atoms with Crippen LogP contribution in [0.5, 0.6) is 0 Å². The minimum atomic E-state index is -0.795. The lowest BCUT2D eigenvalue weighted by Crippen LogP contribution is -2.46. The Kier molecular flexibility index (Phi) is 1.78. The van der Waals surface area contributed by atoms with Crippen molar-refractivity contribution in [2.75, 3.05) is 0 Å². The number of rotatable bonds is 0. The first-order valence-corrected chi connectivity index (χ1v) is 6.27. The molecule has 0 amide bonds. The third-order valence-electron chi connectivity index (χ3n) is 4.46. The second kappa shape index (κ2) is 3.15. The molecule has 0 aromatic heterocycles. The fourth-order valence-corrected chi connectivity index (χ4v) is 3.58. The number of hydrogen-bond donors (Lipinski definition) is 0. The summed E-state index contributed by atoms with van der Waals surface area (Å²) in [7, 11) is 0. The van der Waals surface area contributed by atoms with Gasteiger partial charge in [-0.2, -0.15) is 0 Å². The van der Waals surface area contributed by atoms with Crippen LogP contribution in [0.3, 0.4) is 0 Å². The summed E-state index contributed by atoms with van der Waals surface area (Å²) in [6.07, 6.45) is 19.8. The van der Waals surface area contributed by atoms with Crippen LogP contribution in [0.1, 0.15) is 6.42 Å². The molecular formula is C16H13O2. The van der Waals surface area contributed by atoms with Gasteiger partial charge < -0.3 is 4.74 Å². The van der Waals surface area contributed by atoms with Crippen molar-refractivity contribution in [3.8, 4) is 0 Å². The van der Waals surface area contributed by atoms with Gasteiger partial charge in [0.2, 0.25) is 0 Å². The summed E-state index contributed by atoms with van der Waals surface area (Å²) >= 11 is 0. The molecule has 1 saturated heterocycles. The highest BCUT2D eigenvalue weighted by Gasteiger charge is 2.64. The van der Waals surface area contributed by atoms with E-state index in [0.717, 1.165) is 17.9 Å². The lowest BCUT2D eigenvalue weighted by molar-refractivity contribution is 0.0117. The van der Waals surface area contributed by atoms with Gasteiger partial charge in [0.1, 0.15) is 17.6 Å². The molecule has 0 saturated carbocycles. The molecule has 3 aliphatic carbocycles. The van der Waals surface area contributed by atoms with Crippen molar-refractivity contribution in [1.29, 1.82) is 0 Å². The molecule has 18 heavy (non-hydrogen) atoms. The van der Waals surface area contributed by atoms with Gasteiger partial charge in [-0.3, -0.25) is 0 Å². The smallest absolute Gasteiger partial charge is 0.129 e. The maximum absolute atomic E-state index is 12.6. The summed E-state index contributed by atoms with van der Waals surface area (Å²) in [5, 5.41) is 12.6. The van der Waals surface area contributed by atoms with Crippen LogP contribution in [0.2, 0.25) is 0 Å². The van der Waals surface area contributed by atoms with E-state index in [1.54, 1.807) is 6.08 Å². The molecule has 2 heteroatoms. The van der Waals surface area contributed by atoms with Gasteiger partial charge in [0.15, 0.2) is 0 Å². The zero-order valence-corrected chi connectivity index (χ0v) is 9.87. The summed E-state index contributed by atoms with van der Waals surface area (Å²) in [6.45, 7) is 0. The highest BCUT2D eigenvalue weighted by molar-refractivity contribution is 5.51. The highest BCUT2D eigenvalue weighted by atomic mass is 16.5. The van der Waals surface area contributed by atoms with E-state index in [1.807, 2.05) is 42.5 Å². The lowest BCUT2D eigenvalue weighted by atomic mass is 9.55. The Morgan fingerprint density at radius 2 is 1.89 bits per heavy atom. The van der Waals surface area contributed by atoms with E-state index >= 15 is 0 Å². The Morgan fingerprint density at radius 1 is 1.06 bits per heavy atom. The van der Waals surface area contributed by atoms with E-state index in [2.05, 4.69) is 12.2 Å². The Bertz CT molecular complexity index is 588. The first-order valence-electron chi connectivity index (χ1n) is 6.27. The predicted molar refractivity (Wildman–Crippen MR) is 67.8 cm³/mol. The van der Waals surface area contributed by atoms with E-state index in [1.165, 1.54) is 0 Å². The van der Waals surface area contributed by atoms with Crippen LogP contribution in [-0.4, -0.2) is 6.10 Å². The van der Waals surface area contributed by atoms with Crippen LogP contribution >= 0.6 is 0 Å². The molecule has 0 bridgehead atoms. The summed E-state index contributed by atoms with van der Waals surface area (Å²) in [4.78, 5) is 0. The quantitative estimate of drug-likeness (QED) is 0.636. The SMILES string of the molecule is [O]C1C=CC=C2OC3=CC=CCC34C=CC=CC214. The van der Waals surface area contributed by atoms with E-state index in [4.69, 9.17) is 4.74 Å². The molecule has 2 nitrogen and oxygen atoms in total. The first kappa shape index (κ1) is 10.2. The molecule has 0 N–H and O–H groups in total. The van der Waals surface area contributed by atoms with Gasteiger partial charge in [-0.15, -0.1) is 0 Å². The van der Waals surface area contributed by atoms with Gasteiger partial charge in [-0.05, 0) is 18.6 Å². The molecule has 0 aromatic carbocycles. The average Bonchev–Trinajstić information content (AvgIpc) is 2.71. The normalized spacial score (nSPS) is 42.6. The van der Waals surface area contributed by atoms with Gasteiger partial charge in [0.25, 0.3) is 0 Å². The second-order valence-electron chi connectivity index (χ2n) is 5.16. The third-order valence-corrected chi connectivity index (χ3v) is 4.46. The van der Waals surface area contributed by atoms with Crippen molar-refractivity contribution < 1.29 is 9.84 Å². The first-order chi connectivity index (χ1) is 8.80. The van der Waals surface area contributed by atoms with E-state index in [0.29, 0.717) is 0 Å². The molecule has 1 aliphatic heterocycles. The van der Waals surface area contributed by atoms with Crippen molar-refractivity contribution in [3.63, 3.8) is 0 Å². The van der Waals surface area contributed by atoms with Crippen molar-refractivity contribution in [1.82, 2.24) is 0 Å². The average molecular weight is 237 g/mol. The van der Waals surface area contributed by atoms with Gasteiger partial charge in [-0.25, -0.2) is 5.11 Å². The topological polar surface area (TPSA) is 29.1 Å². The van der Waals surface area contributed by atoms with Gasteiger partial charge in [-0.1, -0.05) is 48.6 Å². The maximum Gasteiger partial charge on any atom is 0.129 e. The van der Waals surface area contributed by atoms with Crippen molar-refractivity contribution in [2.24, 2.45) is 10.8 Å². The lowest BCUT2D eigenvalue weighted by Gasteiger charge is -2.44. The molecule has 1 fully saturated rings. The number of allylic oxidation sites excluding steroid dienone is 8. The standard InChI is InChI=1S/C16H13O2/c17-12-6-5-8-14-16(12)11-4-3-10-15(16)9-2-1-7-13(15)18-14/h1-8,10-12H,9H2. The summed E-state index contributed by atoms with van der Waals surface area (Å²) in [5.74, 6) is 1.70. The van der Waals surface area contributed by atoms with Gasteiger partial charge in [0.05, 0.1) is 10.8 Å². The fourth-order valence-electron chi connectivity index (χ4n) is 3.58. The molecule has 3 unspecified atom stereocenters. The molecule has 2 spiro atoms. The van der Waals surface area contributed by atoms with Crippen LogP contribution in [0.15, 0.2) is 72.3 Å². The summed E-state index contributed by atoms with van der Waals surface area (Å²) in [6, 6.07) is 0. The minimum Gasteiger partial charge on any atom is -0.464 e. The predicted octanol–water partition coefficient (Wildman–Crippen LogP) is 3.21. The minimum absolute atomic E-state index is 0.320. The van der Waals surface area contributed by atoms with Gasteiger partial charge >= 0.3 is 0 Å². The molecule has 4 rings (SSSR count). The van der Waals surface area contributed by atoms with Crippen LogP contribution in [0.4, 0.5) is 0 Å². The van der Waals surface area contributed by atoms with Crippen molar-refractivity contribution >= 4 is 0 Å². The Labute approximate surface area is 106 Å². The van der Waals surface area contributed by atoms with E-state index < -0.39 is 11.5 Å². The fraction of sp³-hybridized carbons (Fsp3) is 0.250. The molecular weight excluding hydrogens is 224 g/mol. The Balaban J connectivity index is 2.03. The number of hydrogen-bond acceptors (Lipinski definition) is 1. The van der Waals surface area contributed by atoms with E-state index in [9.17, 15) is 5.11 Å². The molecule has 1 radical (unpaired) electrons. The van der Waals surface area contributed by atoms with Crippen LogP contribution in [0, 0.1) is 10.8 Å². The maximum atomic E-state index is 12.6. The molecule has 3 atom stereocenters.